The molecule has 0 amide bonds. The summed E-state index contributed by atoms with van der Waals surface area (Å²) < 4.78 is 56.6. The molecule has 4 heterocycles. The number of aliphatic hydroxyl groups excluding tert-OH is 9. The Bertz CT molecular complexity index is 1400. The van der Waals surface area contributed by atoms with E-state index in [1.54, 1.807) is 0 Å². The topological polar surface area (TPSA) is 231 Å². The summed E-state index contributed by atoms with van der Waals surface area (Å²) >= 11 is 0. The highest BCUT2D eigenvalue weighted by atomic mass is 19.1. The molecule has 2 saturated heterocycles. The minimum atomic E-state index is -1.85. The Labute approximate surface area is 291 Å². The van der Waals surface area contributed by atoms with Crippen molar-refractivity contribution in [2.24, 2.45) is 0 Å². The van der Waals surface area contributed by atoms with Crippen LogP contribution in [0.4, 0.5) is 8.78 Å². The largest absolute Gasteiger partial charge is 0.487 e. The van der Waals surface area contributed by atoms with E-state index in [4.69, 9.17) is 23.7 Å². The molecule has 9 N–H and O–H groups in total. The highest BCUT2D eigenvalue weighted by molar-refractivity contribution is 5.37. The van der Waals surface area contributed by atoms with Crippen LogP contribution in [-0.4, -0.2) is 163 Å². The molecule has 1 unspecified atom stereocenters. The Hall–Kier alpha value is -2.62. The van der Waals surface area contributed by atoms with Gasteiger partial charge in [0, 0.05) is 13.1 Å². The number of benzene rings is 2. The zero-order valence-electron chi connectivity index (χ0n) is 27.5. The highest BCUT2D eigenvalue weighted by Gasteiger charge is 2.52. The Balaban J connectivity index is 1.21. The maximum atomic E-state index is 13.8. The molecule has 284 valence electrons. The van der Waals surface area contributed by atoms with E-state index in [0.29, 0.717) is 48.3 Å². The fraction of sp³-hybridized carbons (Fsp3) is 0.647. The van der Waals surface area contributed by atoms with Crippen LogP contribution in [0.1, 0.15) is 24.0 Å². The first kappa shape index (κ1) is 38.1. The predicted octanol–water partition coefficient (Wildman–Crippen LogP) is -2.30. The molecule has 0 spiro atoms. The van der Waals surface area contributed by atoms with Gasteiger partial charge in [-0.2, -0.15) is 0 Å². The first-order valence-corrected chi connectivity index (χ1v) is 17.0. The zero-order chi connectivity index (χ0) is 36.6. The lowest BCUT2D eigenvalue weighted by molar-refractivity contribution is -0.350. The van der Waals surface area contributed by atoms with Crippen LogP contribution in [0.5, 0.6) is 11.5 Å². The van der Waals surface area contributed by atoms with Crippen LogP contribution in [0.2, 0.25) is 0 Å². The number of rotatable bonds is 11. The molecule has 6 rings (SSSR count). The maximum absolute atomic E-state index is 13.8. The third-order valence-electron chi connectivity index (χ3n) is 10.0. The first-order valence-electron chi connectivity index (χ1n) is 17.0. The number of halogens is 2. The summed E-state index contributed by atoms with van der Waals surface area (Å²) in [5.41, 5.74) is 1.26. The summed E-state index contributed by atoms with van der Waals surface area (Å²) in [6, 6.07) is 8.09. The molecule has 0 aromatic heterocycles. The predicted molar refractivity (Wildman–Crippen MR) is 168 cm³/mol. The number of ether oxygens (including phenoxy) is 5. The van der Waals surface area contributed by atoms with E-state index in [-0.39, 0.29) is 13.1 Å². The number of nitrogens with zero attached hydrogens (tertiary/aromatic N) is 1. The van der Waals surface area contributed by atoms with E-state index in [1.807, 2.05) is 0 Å². The quantitative estimate of drug-likeness (QED) is 0.118. The molecule has 4 aliphatic heterocycles. The SMILES string of the molecule is OC[C@H]1O[C@@H](O[C@H]2[C@H](O)[C@@H](O)C(N(C[C@@H](O)[C@@H]3CCc4cc(F)ccc4O3)C[C@@H](O)[C@H]3CCc4cc(F)ccc4O3)O[C@@H]2CO)[C@H](O)[C@@H](O)[C@H]1O. The summed E-state index contributed by atoms with van der Waals surface area (Å²) in [5, 5.41) is 96.3. The zero-order valence-corrected chi connectivity index (χ0v) is 27.5. The summed E-state index contributed by atoms with van der Waals surface area (Å²) in [6.07, 6.45) is -19.2. The number of aryl methyl sites for hydroxylation is 2. The van der Waals surface area contributed by atoms with Crippen molar-refractivity contribution in [1.29, 1.82) is 0 Å². The number of hydrogen-bond acceptors (Lipinski definition) is 15. The van der Waals surface area contributed by atoms with Gasteiger partial charge in [0.2, 0.25) is 0 Å². The standard InChI is InChI=1S/C34H45F2NO14/c35-17-3-7-21-15(9-17)1-5-23(47-21)19(40)11-37(12-20(41)24-6-2-16-10-18(36)4-8-22(16)48-24)33-30(45)29(44)32(26(14-39)49-33)51-34-31(46)28(43)27(42)25(13-38)50-34/h3-4,7-10,19-20,23-34,38-46H,1-2,5-6,11-14H2/t19-,20-,23-,24+,25-,26-,27+,28+,29-,30-,31-,32-,33?,34+/m1/s1. The summed E-state index contributed by atoms with van der Waals surface area (Å²) in [4.78, 5) is 1.36. The third kappa shape index (κ3) is 8.16. The number of fused-ring (bicyclic) bond motifs is 2. The second kappa shape index (κ2) is 16.2. The van der Waals surface area contributed by atoms with Crippen molar-refractivity contribution in [2.75, 3.05) is 26.3 Å². The molecule has 14 atom stereocenters. The van der Waals surface area contributed by atoms with E-state index in [9.17, 15) is 54.7 Å². The van der Waals surface area contributed by atoms with Gasteiger partial charge in [0.05, 0.1) is 13.2 Å². The first-order chi connectivity index (χ1) is 24.4. The van der Waals surface area contributed by atoms with Gasteiger partial charge in [-0.25, -0.2) is 8.78 Å². The van der Waals surface area contributed by atoms with Crippen LogP contribution < -0.4 is 9.47 Å². The number of hydrogen-bond donors (Lipinski definition) is 9. The van der Waals surface area contributed by atoms with Gasteiger partial charge in [-0.05, 0) is 73.2 Å². The minimum Gasteiger partial charge on any atom is -0.487 e. The highest BCUT2D eigenvalue weighted by Crippen LogP contribution is 2.34. The van der Waals surface area contributed by atoms with Crippen molar-refractivity contribution < 1.29 is 78.4 Å². The van der Waals surface area contributed by atoms with Crippen molar-refractivity contribution in [1.82, 2.24) is 4.90 Å². The molecule has 2 aromatic rings. The minimum absolute atomic E-state index is 0.294. The molecular weight excluding hydrogens is 684 g/mol. The van der Waals surface area contributed by atoms with E-state index < -0.39 is 111 Å². The van der Waals surface area contributed by atoms with Crippen LogP contribution in [0.15, 0.2) is 36.4 Å². The normalized spacial score (nSPS) is 36.4. The van der Waals surface area contributed by atoms with Gasteiger partial charge >= 0.3 is 0 Å². The van der Waals surface area contributed by atoms with Gasteiger partial charge in [0.15, 0.2) is 6.29 Å². The summed E-state index contributed by atoms with van der Waals surface area (Å²) in [5.74, 6) is -0.0734. The monoisotopic (exact) mass is 729 g/mol. The lowest BCUT2D eigenvalue weighted by atomic mass is 9.94. The molecule has 0 saturated carbocycles. The second-order valence-electron chi connectivity index (χ2n) is 13.5. The Kier molecular flexibility index (Phi) is 12.1. The van der Waals surface area contributed by atoms with Gasteiger partial charge in [0.1, 0.15) is 103 Å². The Morgan fingerprint density at radius 2 is 1.22 bits per heavy atom. The van der Waals surface area contributed by atoms with E-state index >= 15 is 0 Å². The molecule has 0 bridgehead atoms. The average molecular weight is 730 g/mol. The lowest BCUT2D eigenvalue weighted by Gasteiger charge is -2.49. The van der Waals surface area contributed by atoms with Crippen molar-refractivity contribution >= 4 is 0 Å². The third-order valence-corrected chi connectivity index (χ3v) is 10.0. The van der Waals surface area contributed by atoms with E-state index in [2.05, 4.69) is 0 Å². The fourth-order valence-electron chi connectivity index (χ4n) is 7.17. The van der Waals surface area contributed by atoms with Crippen molar-refractivity contribution in [2.45, 2.75) is 111 Å². The van der Waals surface area contributed by atoms with E-state index in [1.165, 1.54) is 41.3 Å². The number of aliphatic hydroxyl groups is 9. The molecular formula is C34H45F2NO14. The van der Waals surface area contributed by atoms with E-state index in [0.717, 1.165) is 0 Å². The molecule has 0 radical (unpaired) electrons. The second-order valence-corrected chi connectivity index (χ2v) is 13.5. The van der Waals surface area contributed by atoms with Crippen LogP contribution in [-0.2, 0) is 27.1 Å². The van der Waals surface area contributed by atoms with Crippen LogP contribution in [0, 0.1) is 11.6 Å². The van der Waals surface area contributed by atoms with Crippen molar-refractivity contribution in [3.05, 3.63) is 59.2 Å². The van der Waals surface area contributed by atoms with Gasteiger partial charge in [0.25, 0.3) is 0 Å². The fourth-order valence-corrected chi connectivity index (χ4v) is 7.17. The van der Waals surface area contributed by atoms with Gasteiger partial charge in [-0.1, -0.05) is 0 Å². The molecule has 4 aliphatic rings. The molecule has 0 aliphatic carbocycles. The van der Waals surface area contributed by atoms with Gasteiger partial charge in [-0.15, -0.1) is 0 Å². The van der Waals surface area contributed by atoms with Crippen LogP contribution in [0.3, 0.4) is 0 Å². The Morgan fingerprint density at radius 3 is 1.73 bits per heavy atom. The summed E-state index contributed by atoms with van der Waals surface area (Å²) in [7, 11) is 0. The lowest BCUT2D eigenvalue weighted by Crippen LogP contribution is -2.67. The van der Waals surface area contributed by atoms with Crippen molar-refractivity contribution in [3.63, 3.8) is 0 Å². The van der Waals surface area contributed by atoms with Gasteiger partial charge < -0.3 is 69.6 Å². The summed E-state index contributed by atoms with van der Waals surface area (Å²) in [6.45, 7) is -2.13. The van der Waals surface area contributed by atoms with Crippen LogP contribution >= 0.6 is 0 Å². The van der Waals surface area contributed by atoms with Gasteiger partial charge in [-0.3, -0.25) is 4.90 Å². The van der Waals surface area contributed by atoms with Crippen LogP contribution in [0.25, 0.3) is 0 Å². The molecule has 51 heavy (non-hydrogen) atoms. The molecule has 17 heteroatoms. The molecule has 2 aromatic carbocycles. The maximum Gasteiger partial charge on any atom is 0.187 e. The average Bonchev–Trinajstić information content (AvgIpc) is 3.12. The molecule has 2 fully saturated rings. The smallest absolute Gasteiger partial charge is 0.187 e. The Morgan fingerprint density at radius 1 is 0.686 bits per heavy atom. The van der Waals surface area contributed by atoms with Crippen molar-refractivity contribution in [3.8, 4) is 11.5 Å². The molecule has 15 nitrogen and oxygen atoms in total.